The van der Waals surface area contributed by atoms with Crippen LogP contribution in [0.1, 0.15) is 35.8 Å². The second-order valence-corrected chi connectivity index (χ2v) is 6.55. The van der Waals surface area contributed by atoms with Crippen LogP contribution in [0.15, 0.2) is 60.9 Å². The lowest BCUT2D eigenvalue weighted by molar-refractivity contribution is 0.102. The first-order valence-electron chi connectivity index (χ1n) is 8.28. The first kappa shape index (κ1) is 17.9. The molecule has 0 aliphatic heterocycles. The van der Waals surface area contributed by atoms with Crippen LogP contribution in [0.2, 0.25) is 5.02 Å². The molecule has 1 aromatic heterocycles. The van der Waals surface area contributed by atoms with Gasteiger partial charge >= 0.3 is 0 Å². The van der Waals surface area contributed by atoms with Crippen LogP contribution in [0, 0.1) is 0 Å². The summed E-state index contributed by atoms with van der Waals surface area (Å²) in [5, 5.41) is 6.63. The number of rotatable bonds is 5. The van der Waals surface area contributed by atoms with Crippen molar-refractivity contribution in [3.05, 3.63) is 77.2 Å². The Morgan fingerprint density at radius 3 is 2.54 bits per heavy atom. The molecular formula is C20H19ClN4O. The molecule has 132 valence electrons. The Morgan fingerprint density at radius 1 is 1.04 bits per heavy atom. The maximum atomic E-state index is 12.5. The highest BCUT2D eigenvalue weighted by molar-refractivity contribution is 6.30. The van der Waals surface area contributed by atoms with E-state index in [9.17, 15) is 4.79 Å². The van der Waals surface area contributed by atoms with E-state index in [0.717, 1.165) is 16.9 Å². The molecule has 0 saturated carbocycles. The lowest BCUT2D eigenvalue weighted by Gasteiger charge is -2.13. The summed E-state index contributed by atoms with van der Waals surface area (Å²) in [6, 6.07) is 15.0. The van der Waals surface area contributed by atoms with E-state index in [1.54, 1.807) is 12.1 Å². The van der Waals surface area contributed by atoms with Gasteiger partial charge in [-0.1, -0.05) is 49.7 Å². The smallest absolute Gasteiger partial charge is 0.275 e. The standard InChI is InChI=1S/C20H19ClN4O/c1-13(2)16-8-3-4-9-17(16)25-20(26)18-11-23-19(12-22-18)24-15-7-5-6-14(21)10-15/h3-13H,1-2H3,(H,23,24)(H,25,26). The number of nitrogens with zero attached hydrogens (tertiary/aromatic N) is 2. The average Bonchev–Trinajstić information content (AvgIpc) is 2.62. The van der Waals surface area contributed by atoms with E-state index < -0.39 is 0 Å². The van der Waals surface area contributed by atoms with Gasteiger partial charge in [0, 0.05) is 16.4 Å². The van der Waals surface area contributed by atoms with Gasteiger partial charge in [-0.15, -0.1) is 0 Å². The second kappa shape index (κ2) is 7.97. The number of carbonyl (C=O) groups is 1. The summed E-state index contributed by atoms with van der Waals surface area (Å²) in [6.45, 7) is 4.17. The van der Waals surface area contributed by atoms with Gasteiger partial charge in [0.05, 0.1) is 12.4 Å². The number of nitrogens with one attached hydrogen (secondary N) is 2. The highest BCUT2D eigenvalue weighted by Crippen LogP contribution is 2.24. The van der Waals surface area contributed by atoms with Crippen molar-refractivity contribution in [1.29, 1.82) is 0 Å². The third kappa shape index (κ3) is 4.37. The van der Waals surface area contributed by atoms with Crippen molar-refractivity contribution in [3.8, 4) is 0 Å². The van der Waals surface area contributed by atoms with Crippen molar-refractivity contribution >= 4 is 34.7 Å². The molecule has 0 aliphatic carbocycles. The molecule has 1 amide bonds. The molecule has 3 aromatic rings. The van der Waals surface area contributed by atoms with Gasteiger partial charge in [-0.2, -0.15) is 0 Å². The van der Waals surface area contributed by atoms with E-state index in [0.29, 0.717) is 16.8 Å². The van der Waals surface area contributed by atoms with Crippen molar-refractivity contribution in [2.24, 2.45) is 0 Å². The number of amides is 1. The van der Waals surface area contributed by atoms with Crippen molar-refractivity contribution in [1.82, 2.24) is 9.97 Å². The van der Waals surface area contributed by atoms with Gasteiger partial charge in [0.25, 0.3) is 5.91 Å². The van der Waals surface area contributed by atoms with Gasteiger partial charge in [-0.3, -0.25) is 4.79 Å². The molecular weight excluding hydrogens is 348 g/mol. The monoisotopic (exact) mass is 366 g/mol. The molecule has 0 spiro atoms. The third-order valence-electron chi connectivity index (χ3n) is 3.81. The summed E-state index contributed by atoms with van der Waals surface area (Å²) in [5.74, 6) is 0.549. The molecule has 2 aromatic carbocycles. The molecule has 5 nitrogen and oxygen atoms in total. The highest BCUT2D eigenvalue weighted by atomic mass is 35.5. The van der Waals surface area contributed by atoms with Gasteiger partial charge in [0.1, 0.15) is 11.5 Å². The number of benzene rings is 2. The fourth-order valence-corrected chi connectivity index (χ4v) is 2.71. The predicted octanol–water partition coefficient (Wildman–Crippen LogP) is 5.25. The number of halogens is 1. The van der Waals surface area contributed by atoms with Crippen LogP contribution >= 0.6 is 11.6 Å². The molecule has 0 saturated heterocycles. The Balaban J connectivity index is 1.71. The lowest BCUT2D eigenvalue weighted by atomic mass is 10.0. The van der Waals surface area contributed by atoms with Crippen molar-refractivity contribution < 1.29 is 4.79 Å². The fraction of sp³-hybridized carbons (Fsp3) is 0.150. The molecule has 6 heteroatoms. The molecule has 2 N–H and O–H groups in total. The number of aromatic nitrogens is 2. The average molecular weight is 367 g/mol. The Bertz CT molecular complexity index is 910. The summed E-state index contributed by atoms with van der Waals surface area (Å²) in [6.07, 6.45) is 2.96. The lowest BCUT2D eigenvalue weighted by Crippen LogP contribution is -2.15. The minimum atomic E-state index is -0.292. The summed E-state index contributed by atoms with van der Waals surface area (Å²) < 4.78 is 0. The SMILES string of the molecule is CC(C)c1ccccc1NC(=O)c1cnc(Nc2cccc(Cl)c2)cn1. The Kier molecular flexibility index (Phi) is 5.49. The Labute approximate surface area is 157 Å². The zero-order valence-corrected chi connectivity index (χ0v) is 15.3. The molecule has 26 heavy (non-hydrogen) atoms. The van der Waals surface area contributed by atoms with Crippen LogP contribution in [0.5, 0.6) is 0 Å². The molecule has 0 bridgehead atoms. The predicted molar refractivity (Wildman–Crippen MR) is 105 cm³/mol. The summed E-state index contributed by atoms with van der Waals surface area (Å²) >= 11 is 5.96. The molecule has 0 atom stereocenters. The van der Waals surface area contributed by atoms with Gasteiger partial charge in [-0.25, -0.2) is 9.97 Å². The Morgan fingerprint density at radius 2 is 1.85 bits per heavy atom. The van der Waals surface area contributed by atoms with Crippen molar-refractivity contribution in [2.45, 2.75) is 19.8 Å². The van der Waals surface area contributed by atoms with Crippen molar-refractivity contribution in [3.63, 3.8) is 0 Å². The quantitative estimate of drug-likeness (QED) is 0.647. The molecule has 0 aliphatic rings. The van der Waals surface area contributed by atoms with E-state index in [-0.39, 0.29) is 11.6 Å². The van der Waals surface area contributed by atoms with E-state index in [4.69, 9.17) is 11.6 Å². The number of carbonyl (C=O) groups excluding carboxylic acids is 1. The van der Waals surface area contributed by atoms with Crippen LogP contribution in [-0.2, 0) is 0 Å². The number of hydrogen-bond acceptors (Lipinski definition) is 4. The van der Waals surface area contributed by atoms with Crippen LogP contribution in [-0.4, -0.2) is 15.9 Å². The topological polar surface area (TPSA) is 66.9 Å². The maximum absolute atomic E-state index is 12.5. The number of anilines is 3. The van der Waals surface area contributed by atoms with E-state index in [1.165, 1.54) is 12.4 Å². The normalized spacial score (nSPS) is 10.6. The van der Waals surface area contributed by atoms with Crippen LogP contribution in [0.25, 0.3) is 0 Å². The molecule has 0 unspecified atom stereocenters. The van der Waals surface area contributed by atoms with Gasteiger partial charge in [0.2, 0.25) is 0 Å². The molecule has 1 heterocycles. The first-order valence-corrected chi connectivity index (χ1v) is 8.65. The summed E-state index contributed by atoms with van der Waals surface area (Å²) in [4.78, 5) is 20.9. The second-order valence-electron chi connectivity index (χ2n) is 6.12. The molecule has 0 radical (unpaired) electrons. The third-order valence-corrected chi connectivity index (χ3v) is 4.05. The van der Waals surface area contributed by atoms with E-state index >= 15 is 0 Å². The first-order chi connectivity index (χ1) is 12.5. The van der Waals surface area contributed by atoms with Crippen LogP contribution in [0.4, 0.5) is 17.2 Å². The zero-order valence-electron chi connectivity index (χ0n) is 14.5. The van der Waals surface area contributed by atoms with Crippen LogP contribution in [0.3, 0.4) is 0 Å². The minimum Gasteiger partial charge on any atom is -0.339 e. The van der Waals surface area contributed by atoms with E-state index in [2.05, 4.69) is 34.4 Å². The zero-order chi connectivity index (χ0) is 18.5. The number of para-hydroxylation sites is 1. The van der Waals surface area contributed by atoms with Gasteiger partial charge < -0.3 is 10.6 Å². The molecule has 0 fully saturated rings. The Hall–Kier alpha value is -2.92. The van der Waals surface area contributed by atoms with Crippen LogP contribution < -0.4 is 10.6 Å². The maximum Gasteiger partial charge on any atom is 0.275 e. The van der Waals surface area contributed by atoms with Gasteiger partial charge in [-0.05, 0) is 35.7 Å². The van der Waals surface area contributed by atoms with E-state index in [1.807, 2.05) is 36.4 Å². The fourth-order valence-electron chi connectivity index (χ4n) is 2.52. The summed E-state index contributed by atoms with van der Waals surface area (Å²) in [5.41, 5.74) is 2.92. The summed E-state index contributed by atoms with van der Waals surface area (Å²) in [7, 11) is 0. The number of hydrogen-bond donors (Lipinski definition) is 2. The van der Waals surface area contributed by atoms with Crippen molar-refractivity contribution in [2.75, 3.05) is 10.6 Å². The minimum absolute atomic E-state index is 0.250. The highest BCUT2D eigenvalue weighted by Gasteiger charge is 2.12. The van der Waals surface area contributed by atoms with Gasteiger partial charge in [0.15, 0.2) is 0 Å². The largest absolute Gasteiger partial charge is 0.339 e. The molecule has 3 rings (SSSR count).